The van der Waals surface area contributed by atoms with Crippen LogP contribution in [0.25, 0.3) is 0 Å². The zero-order chi connectivity index (χ0) is 20.7. The monoisotopic (exact) mass is 472 g/mol. The summed E-state index contributed by atoms with van der Waals surface area (Å²) < 4.78 is 102. The first-order chi connectivity index (χ1) is 9.46. The first-order valence-corrected chi connectivity index (χ1v) is 8.71. The minimum absolute atomic E-state index is 0. The standard InChI is InChI=1S/2C4H8.2Al.3H2O4S.H2O/c2*1-4(2)3;;;3*1-5(2,3)4;/h2*1H2,2-3H3;;;3*(H2,1,2,3,4);1H2/q;;2*+3;;;;/p-6. The second-order valence-corrected chi connectivity index (χ2v) is 6.09. The van der Waals surface area contributed by atoms with Gasteiger partial charge >= 0.3 is 34.7 Å². The predicted molar refractivity (Wildman–Crippen MR) is 87.5 cm³/mol. The fraction of sp³-hybridized carbons (Fsp3) is 0.500. The quantitative estimate of drug-likeness (QED) is 0.154. The van der Waals surface area contributed by atoms with Crippen molar-refractivity contribution in [1.82, 2.24) is 0 Å². The minimum atomic E-state index is -5.17. The number of hydrogen-bond donors (Lipinski definition) is 0. The van der Waals surface area contributed by atoms with Crippen molar-refractivity contribution in [2.24, 2.45) is 0 Å². The van der Waals surface area contributed by atoms with E-state index in [-0.39, 0.29) is 40.2 Å². The topological polar surface area (TPSA) is 272 Å². The normalized spacial score (nSPS) is 8.69. The number of allylic oxidation sites excluding steroid dienone is 2. The molecular weight excluding hydrogens is 454 g/mol. The second-order valence-electron chi connectivity index (χ2n) is 3.64. The van der Waals surface area contributed by atoms with Gasteiger partial charge in [-0.15, -0.1) is 13.2 Å². The molecule has 0 bridgehead atoms. The van der Waals surface area contributed by atoms with Gasteiger partial charge in [0, 0.05) is 31.2 Å². The Bertz CT molecular complexity index is 507. The first kappa shape index (κ1) is 50.2. The molecule has 0 fully saturated rings. The van der Waals surface area contributed by atoms with Crippen molar-refractivity contribution < 1.29 is 58.0 Å². The fourth-order valence-electron chi connectivity index (χ4n) is 0. The molecule has 0 aromatic heterocycles. The van der Waals surface area contributed by atoms with Gasteiger partial charge in [-0.1, -0.05) is 11.1 Å². The third kappa shape index (κ3) is 975000. The molecule has 0 heterocycles. The molecule has 18 heteroatoms. The fourth-order valence-corrected chi connectivity index (χ4v) is 0. The zero-order valence-corrected chi connectivity index (χ0v) is 19.0. The van der Waals surface area contributed by atoms with E-state index in [0.29, 0.717) is 0 Å². The summed E-state index contributed by atoms with van der Waals surface area (Å²) in [4.78, 5) is 0. The van der Waals surface area contributed by atoms with Gasteiger partial charge in [0.25, 0.3) is 0 Å². The van der Waals surface area contributed by atoms with Gasteiger partial charge in [0.05, 0.1) is 0 Å². The Morgan fingerprint density at radius 1 is 0.538 bits per heavy atom. The summed E-state index contributed by atoms with van der Waals surface area (Å²) >= 11 is 0. The number of rotatable bonds is 0. The average molecular weight is 472 g/mol. The van der Waals surface area contributed by atoms with E-state index < -0.39 is 31.2 Å². The molecule has 0 aliphatic rings. The van der Waals surface area contributed by atoms with Crippen molar-refractivity contribution >= 4 is 65.9 Å². The van der Waals surface area contributed by atoms with Gasteiger partial charge in [0.15, 0.2) is 0 Å². The predicted octanol–water partition coefficient (Wildman–Crippen LogP) is -2.44. The molecule has 13 nitrogen and oxygen atoms in total. The molecule has 0 atom stereocenters. The third-order valence-electron chi connectivity index (χ3n) is 0. The van der Waals surface area contributed by atoms with Crippen LogP contribution in [0.4, 0.5) is 0 Å². The third-order valence-corrected chi connectivity index (χ3v) is 0. The van der Waals surface area contributed by atoms with Crippen LogP contribution in [-0.4, -0.2) is 92.8 Å². The van der Waals surface area contributed by atoms with E-state index >= 15 is 0 Å². The van der Waals surface area contributed by atoms with Gasteiger partial charge < -0.3 is 32.8 Å². The van der Waals surface area contributed by atoms with Crippen LogP contribution in [0.15, 0.2) is 24.3 Å². The van der Waals surface area contributed by atoms with Crippen LogP contribution in [0, 0.1) is 0 Å². The van der Waals surface area contributed by atoms with E-state index in [2.05, 4.69) is 13.2 Å². The van der Waals surface area contributed by atoms with Gasteiger partial charge in [-0.2, -0.15) is 0 Å². The molecule has 0 aromatic rings. The van der Waals surface area contributed by atoms with Crippen molar-refractivity contribution in [2.45, 2.75) is 27.7 Å². The average Bonchev–Trinajstić information content (AvgIpc) is 1.85. The van der Waals surface area contributed by atoms with Crippen molar-refractivity contribution in [3.05, 3.63) is 24.3 Å². The zero-order valence-electron chi connectivity index (χ0n) is 14.2. The molecular formula is C8H18Al2O13S3. The van der Waals surface area contributed by atoms with Crippen LogP contribution in [0.2, 0.25) is 0 Å². The Morgan fingerprint density at radius 2 is 0.538 bits per heavy atom. The Kier molecular flexibility index (Phi) is 48.5. The molecule has 0 aliphatic heterocycles. The summed E-state index contributed by atoms with van der Waals surface area (Å²) in [5.41, 5.74) is 2.33. The Balaban J connectivity index is -0.0000000253. The van der Waals surface area contributed by atoms with Gasteiger partial charge in [-0.3, -0.25) is 25.3 Å². The minimum Gasteiger partial charge on any atom is -0.759 e. The van der Waals surface area contributed by atoms with E-state index in [4.69, 9.17) is 52.6 Å². The molecule has 2 N–H and O–H groups in total. The van der Waals surface area contributed by atoms with Crippen LogP contribution in [-0.2, 0) is 31.2 Å². The summed E-state index contributed by atoms with van der Waals surface area (Å²) in [6.07, 6.45) is 0. The van der Waals surface area contributed by atoms with Gasteiger partial charge in [-0.25, -0.2) is 0 Å². The van der Waals surface area contributed by atoms with Crippen molar-refractivity contribution in [1.29, 1.82) is 0 Å². The summed E-state index contributed by atoms with van der Waals surface area (Å²) in [6, 6.07) is 0. The molecule has 0 saturated carbocycles. The van der Waals surface area contributed by atoms with Gasteiger partial charge in [0.1, 0.15) is 0 Å². The second kappa shape index (κ2) is 25.1. The molecule has 0 unspecified atom stereocenters. The van der Waals surface area contributed by atoms with Gasteiger partial charge in [0.2, 0.25) is 0 Å². The maximum Gasteiger partial charge on any atom is 3.00 e. The molecule has 0 spiro atoms. The summed E-state index contributed by atoms with van der Waals surface area (Å²) in [5.74, 6) is 0. The van der Waals surface area contributed by atoms with Crippen molar-refractivity contribution in [3.63, 3.8) is 0 Å². The summed E-state index contributed by atoms with van der Waals surface area (Å²) in [7, 11) is -15.5. The molecule has 0 rings (SSSR count). The van der Waals surface area contributed by atoms with Crippen molar-refractivity contribution in [3.8, 4) is 0 Å². The maximum absolute atomic E-state index is 8.52. The van der Waals surface area contributed by atoms with Crippen molar-refractivity contribution in [2.75, 3.05) is 0 Å². The van der Waals surface area contributed by atoms with Crippen LogP contribution in [0.5, 0.6) is 0 Å². The molecule has 0 aliphatic carbocycles. The Labute approximate surface area is 175 Å². The smallest absolute Gasteiger partial charge is 0.759 e. The maximum atomic E-state index is 8.52. The largest absolute Gasteiger partial charge is 3.00 e. The van der Waals surface area contributed by atoms with Crippen LogP contribution in [0.3, 0.4) is 0 Å². The number of hydrogen-bond acceptors (Lipinski definition) is 12. The van der Waals surface area contributed by atoms with Crippen LogP contribution >= 0.6 is 0 Å². The Morgan fingerprint density at radius 3 is 0.538 bits per heavy atom. The molecule has 0 aromatic carbocycles. The molecule has 26 heavy (non-hydrogen) atoms. The SMILES string of the molecule is C=C(C)C.C=C(C)C.O.O=S(=O)([O-])[O-].O=S(=O)([O-])[O-].O=S(=O)([O-])[O-].[Al+3].[Al+3]. The molecule has 0 radical (unpaired) electrons. The molecule has 0 saturated heterocycles. The van der Waals surface area contributed by atoms with E-state index in [1.165, 1.54) is 11.1 Å². The first-order valence-electron chi connectivity index (χ1n) is 4.71. The van der Waals surface area contributed by atoms with Crippen LogP contribution < -0.4 is 0 Å². The van der Waals surface area contributed by atoms with E-state index in [9.17, 15) is 0 Å². The summed E-state index contributed by atoms with van der Waals surface area (Å²) in [6.45, 7) is 15.0. The van der Waals surface area contributed by atoms with E-state index in [1.54, 1.807) is 0 Å². The van der Waals surface area contributed by atoms with E-state index in [0.717, 1.165) is 0 Å². The van der Waals surface area contributed by atoms with Gasteiger partial charge in [-0.05, 0) is 27.7 Å². The molecule has 0 amide bonds. The van der Waals surface area contributed by atoms with E-state index in [1.807, 2.05) is 27.7 Å². The summed E-state index contributed by atoms with van der Waals surface area (Å²) in [5, 5.41) is 0. The molecule has 152 valence electrons. The Hall–Kier alpha value is 0.115. The van der Waals surface area contributed by atoms with Crippen LogP contribution in [0.1, 0.15) is 27.7 Å².